The van der Waals surface area contributed by atoms with Crippen molar-refractivity contribution in [3.8, 4) is 11.5 Å². The Labute approximate surface area is 152 Å². The maximum atomic E-state index is 12.3. The summed E-state index contributed by atoms with van der Waals surface area (Å²) in [6.45, 7) is 6.78. The van der Waals surface area contributed by atoms with E-state index in [-0.39, 0.29) is 5.97 Å². The monoisotopic (exact) mass is 351 g/mol. The second-order valence-corrected chi connectivity index (χ2v) is 6.59. The summed E-state index contributed by atoms with van der Waals surface area (Å²) in [6.07, 6.45) is 4.05. The van der Waals surface area contributed by atoms with E-state index in [2.05, 4.69) is 11.6 Å². The summed E-state index contributed by atoms with van der Waals surface area (Å²) >= 11 is 0. The van der Waals surface area contributed by atoms with Gasteiger partial charge in [-0.05, 0) is 56.0 Å². The van der Waals surface area contributed by atoms with E-state index in [1.807, 2.05) is 30.3 Å². The molecule has 26 heavy (non-hydrogen) atoms. The number of rotatable bonds is 4. The highest BCUT2D eigenvalue weighted by Crippen LogP contribution is 2.41. The Kier molecular flexibility index (Phi) is 4.15. The minimum atomic E-state index is -0.864. The average molecular weight is 351 g/mol. The van der Waals surface area contributed by atoms with Crippen molar-refractivity contribution >= 4 is 11.5 Å². The molecule has 1 aromatic heterocycles. The molecule has 0 amide bonds. The molecule has 0 saturated heterocycles. The Morgan fingerprint density at radius 1 is 1.31 bits per heavy atom. The van der Waals surface area contributed by atoms with Crippen molar-refractivity contribution in [2.45, 2.75) is 38.4 Å². The van der Waals surface area contributed by atoms with Crippen molar-refractivity contribution in [1.82, 2.24) is 4.98 Å². The van der Waals surface area contributed by atoms with Gasteiger partial charge in [-0.2, -0.15) is 0 Å². The summed E-state index contributed by atoms with van der Waals surface area (Å²) in [5.74, 6) is 1.07. The molecule has 0 bridgehead atoms. The lowest BCUT2D eigenvalue weighted by molar-refractivity contribution is -0.169. The van der Waals surface area contributed by atoms with Gasteiger partial charge in [0.05, 0.1) is 12.3 Å². The quantitative estimate of drug-likeness (QED) is 0.782. The number of benzene rings is 1. The maximum absolute atomic E-state index is 12.3. The van der Waals surface area contributed by atoms with Crippen LogP contribution in [0.15, 0.2) is 43.1 Å². The van der Waals surface area contributed by atoms with Crippen molar-refractivity contribution in [2.24, 2.45) is 0 Å². The van der Waals surface area contributed by atoms with Gasteiger partial charge in [-0.15, -0.1) is 0 Å². The molecule has 1 aromatic carbocycles. The SMILES string of the molecule is C=C1c2cc(OC3(C(=O)OCC)CCC3)ccc2OCc2ncccc21. The summed E-state index contributed by atoms with van der Waals surface area (Å²) in [5.41, 5.74) is 2.65. The Hall–Kier alpha value is -2.82. The maximum Gasteiger partial charge on any atom is 0.350 e. The Morgan fingerprint density at radius 3 is 2.88 bits per heavy atom. The van der Waals surface area contributed by atoms with Crippen LogP contribution in [0.25, 0.3) is 5.57 Å². The van der Waals surface area contributed by atoms with E-state index in [4.69, 9.17) is 14.2 Å². The molecule has 134 valence electrons. The molecule has 1 fully saturated rings. The molecule has 1 saturated carbocycles. The molecule has 5 nitrogen and oxygen atoms in total. The van der Waals surface area contributed by atoms with E-state index in [0.29, 0.717) is 31.8 Å². The fraction of sp³-hybridized carbons (Fsp3) is 0.333. The first-order valence-electron chi connectivity index (χ1n) is 8.89. The normalized spacial score (nSPS) is 17.0. The van der Waals surface area contributed by atoms with Crippen LogP contribution >= 0.6 is 0 Å². The summed E-state index contributed by atoms with van der Waals surface area (Å²) in [4.78, 5) is 16.7. The molecule has 0 unspecified atom stereocenters. The van der Waals surface area contributed by atoms with Crippen LogP contribution in [0.1, 0.15) is 43.0 Å². The van der Waals surface area contributed by atoms with Gasteiger partial charge in [0.2, 0.25) is 5.60 Å². The smallest absolute Gasteiger partial charge is 0.350 e. The van der Waals surface area contributed by atoms with Gasteiger partial charge in [0, 0.05) is 17.3 Å². The van der Waals surface area contributed by atoms with E-state index in [9.17, 15) is 4.79 Å². The first-order valence-corrected chi connectivity index (χ1v) is 8.89. The van der Waals surface area contributed by atoms with Crippen LogP contribution in [-0.2, 0) is 16.1 Å². The van der Waals surface area contributed by atoms with Crippen molar-refractivity contribution in [1.29, 1.82) is 0 Å². The van der Waals surface area contributed by atoms with Crippen LogP contribution in [0, 0.1) is 0 Å². The van der Waals surface area contributed by atoms with Gasteiger partial charge in [0.15, 0.2) is 0 Å². The highest BCUT2D eigenvalue weighted by Gasteiger charge is 2.48. The standard InChI is InChI=1S/C21H21NO4/c1-3-24-20(23)21(9-5-10-21)26-15-7-8-19-17(12-15)14(2)16-6-4-11-22-18(16)13-25-19/h4,6-8,11-12H,2-3,5,9-10,13H2,1H3. The molecule has 0 spiro atoms. The highest BCUT2D eigenvalue weighted by molar-refractivity contribution is 5.84. The van der Waals surface area contributed by atoms with Crippen molar-refractivity contribution in [3.05, 3.63) is 59.9 Å². The summed E-state index contributed by atoms with van der Waals surface area (Å²) in [7, 11) is 0. The topological polar surface area (TPSA) is 57.7 Å². The van der Waals surface area contributed by atoms with Crippen molar-refractivity contribution in [3.63, 3.8) is 0 Å². The zero-order valence-corrected chi connectivity index (χ0v) is 14.8. The molecule has 0 radical (unpaired) electrons. The molecule has 0 atom stereocenters. The van der Waals surface area contributed by atoms with Gasteiger partial charge in [-0.25, -0.2) is 4.79 Å². The van der Waals surface area contributed by atoms with Crippen molar-refractivity contribution < 1.29 is 19.0 Å². The van der Waals surface area contributed by atoms with Gasteiger partial charge >= 0.3 is 5.97 Å². The van der Waals surface area contributed by atoms with Crippen LogP contribution < -0.4 is 9.47 Å². The third kappa shape index (κ3) is 2.73. The molecule has 5 heteroatoms. The van der Waals surface area contributed by atoms with E-state index in [0.717, 1.165) is 34.6 Å². The van der Waals surface area contributed by atoms with Crippen LogP contribution in [-0.4, -0.2) is 23.2 Å². The largest absolute Gasteiger partial charge is 0.487 e. The molecular weight excluding hydrogens is 330 g/mol. The molecule has 2 heterocycles. The molecule has 1 aliphatic carbocycles. The van der Waals surface area contributed by atoms with E-state index in [1.54, 1.807) is 13.1 Å². The number of esters is 1. The summed E-state index contributed by atoms with van der Waals surface area (Å²) in [6, 6.07) is 9.45. The van der Waals surface area contributed by atoms with Crippen LogP contribution in [0.3, 0.4) is 0 Å². The lowest BCUT2D eigenvalue weighted by Crippen LogP contribution is -2.51. The second-order valence-electron chi connectivity index (χ2n) is 6.59. The Morgan fingerprint density at radius 2 is 2.15 bits per heavy atom. The predicted octanol–water partition coefficient (Wildman–Crippen LogP) is 3.90. The number of pyridine rings is 1. The zero-order valence-electron chi connectivity index (χ0n) is 14.8. The van der Waals surface area contributed by atoms with Crippen LogP contribution in [0.5, 0.6) is 11.5 Å². The van der Waals surface area contributed by atoms with Gasteiger partial charge in [-0.1, -0.05) is 12.6 Å². The molecule has 4 rings (SSSR count). The van der Waals surface area contributed by atoms with Crippen LogP contribution in [0.4, 0.5) is 0 Å². The van der Waals surface area contributed by atoms with E-state index < -0.39 is 5.60 Å². The number of carbonyl (C=O) groups is 1. The molecular formula is C21H21NO4. The lowest BCUT2D eigenvalue weighted by atomic mass is 9.80. The fourth-order valence-corrected chi connectivity index (χ4v) is 3.39. The van der Waals surface area contributed by atoms with Gasteiger partial charge in [0.1, 0.15) is 18.1 Å². The van der Waals surface area contributed by atoms with Gasteiger partial charge in [0.25, 0.3) is 0 Å². The number of hydrogen-bond donors (Lipinski definition) is 0. The number of hydrogen-bond acceptors (Lipinski definition) is 5. The number of aromatic nitrogens is 1. The number of ether oxygens (including phenoxy) is 3. The first kappa shape index (κ1) is 16.6. The third-order valence-electron chi connectivity index (χ3n) is 4.98. The van der Waals surface area contributed by atoms with Gasteiger partial charge < -0.3 is 14.2 Å². The Balaban J connectivity index is 1.66. The molecule has 2 aliphatic rings. The number of nitrogens with zero attached hydrogens (tertiary/aromatic N) is 1. The number of fused-ring (bicyclic) bond motifs is 2. The summed E-state index contributed by atoms with van der Waals surface area (Å²) < 4.78 is 17.2. The predicted molar refractivity (Wildman–Crippen MR) is 97.0 cm³/mol. The van der Waals surface area contributed by atoms with Gasteiger partial charge in [-0.3, -0.25) is 4.98 Å². The first-order chi connectivity index (χ1) is 12.6. The Bertz CT molecular complexity index is 870. The fourth-order valence-electron chi connectivity index (χ4n) is 3.39. The number of carbonyl (C=O) groups excluding carboxylic acids is 1. The van der Waals surface area contributed by atoms with Crippen molar-refractivity contribution in [2.75, 3.05) is 6.61 Å². The molecule has 0 N–H and O–H groups in total. The highest BCUT2D eigenvalue weighted by atomic mass is 16.6. The van der Waals surface area contributed by atoms with E-state index in [1.165, 1.54) is 0 Å². The minimum absolute atomic E-state index is 0.286. The zero-order chi connectivity index (χ0) is 18.1. The lowest BCUT2D eigenvalue weighted by Gasteiger charge is -2.39. The summed E-state index contributed by atoms with van der Waals surface area (Å²) in [5, 5.41) is 0. The van der Waals surface area contributed by atoms with E-state index >= 15 is 0 Å². The van der Waals surface area contributed by atoms with Crippen LogP contribution in [0.2, 0.25) is 0 Å². The average Bonchev–Trinajstić information content (AvgIpc) is 2.76. The second kappa shape index (κ2) is 6.48. The minimum Gasteiger partial charge on any atom is -0.487 e. The molecule has 1 aliphatic heterocycles. The molecule has 2 aromatic rings. The third-order valence-corrected chi connectivity index (χ3v) is 4.98.